The summed E-state index contributed by atoms with van der Waals surface area (Å²) in [6.45, 7) is 2.02. The Bertz CT molecular complexity index is 374. The molecule has 0 spiro atoms. The summed E-state index contributed by atoms with van der Waals surface area (Å²) >= 11 is 0. The maximum absolute atomic E-state index is 11.2. The Morgan fingerprint density at radius 3 is 3.14 bits per heavy atom. The third kappa shape index (κ3) is 1.50. The van der Waals surface area contributed by atoms with E-state index in [4.69, 9.17) is 5.73 Å². The van der Waals surface area contributed by atoms with Crippen molar-refractivity contribution < 1.29 is 4.79 Å². The highest BCUT2D eigenvalue weighted by molar-refractivity contribution is 5.82. The summed E-state index contributed by atoms with van der Waals surface area (Å²) in [4.78, 5) is 15.5. The van der Waals surface area contributed by atoms with E-state index >= 15 is 0 Å². The van der Waals surface area contributed by atoms with Crippen molar-refractivity contribution in [3.05, 3.63) is 29.1 Å². The number of rotatable bonds is 1. The Kier molecular flexibility index (Phi) is 2.23. The number of carbonyl (C=O) groups is 1. The Balaban J connectivity index is 2.44. The van der Waals surface area contributed by atoms with Gasteiger partial charge in [-0.15, -0.1) is 0 Å². The van der Waals surface area contributed by atoms with E-state index in [1.165, 1.54) is 5.56 Å². The first kappa shape index (κ1) is 9.19. The van der Waals surface area contributed by atoms with Gasteiger partial charge in [-0.1, -0.05) is 6.07 Å². The number of nitrogens with two attached hydrogens (primary N) is 1. The van der Waals surface area contributed by atoms with E-state index in [1.54, 1.807) is 6.20 Å². The molecule has 0 aliphatic heterocycles. The van der Waals surface area contributed by atoms with Crippen molar-refractivity contribution in [2.75, 3.05) is 0 Å². The predicted molar refractivity (Wildman–Crippen MR) is 53.8 cm³/mol. The lowest BCUT2D eigenvalue weighted by Gasteiger charge is -2.21. The van der Waals surface area contributed by atoms with Crippen molar-refractivity contribution in [2.45, 2.75) is 32.1 Å². The number of nitrogens with zero attached hydrogens (tertiary/aromatic N) is 1. The van der Waals surface area contributed by atoms with Crippen molar-refractivity contribution in [1.82, 2.24) is 4.98 Å². The summed E-state index contributed by atoms with van der Waals surface area (Å²) < 4.78 is 0. The highest BCUT2D eigenvalue weighted by atomic mass is 16.1. The van der Waals surface area contributed by atoms with Gasteiger partial charge in [0.1, 0.15) is 0 Å². The minimum Gasteiger partial charge on any atom is -0.369 e. The average Bonchev–Trinajstić information content (AvgIpc) is 2.16. The summed E-state index contributed by atoms with van der Waals surface area (Å²) in [5.41, 5.74) is 8.58. The van der Waals surface area contributed by atoms with Crippen molar-refractivity contribution in [3.8, 4) is 0 Å². The average molecular weight is 190 g/mol. The van der Waals surface area contributed by atoms with E-state index in [9.17, 15) is 4.79 Å². The quantitative estimate of drug-likeness (QED) is 0.725. The Hall–Kier alpha value is -1.38. The van der Waals surface area contributed by atoms with Gasteiger partial charge in [-0.25, -0.2) is 0 Å². The molecule has 3 heteroatoms. The van der Waals surface area contributed by atoms with Gasteiger partial charge in [0.2, 0.25) is 5.91 Å². The van der Waals surface area contributed by atoms with E-state index < -0.39 is 0 Å². The lowest BCUT2D eigenvalue weighted by atomic mass is 9.86. The van der Waals surface area contributed by atoms with Gasteiger partial charge in [0.25, 0.3) is 0 Å². The summed E-state index contributed by atoms with van der Waals surface area (Å²) in [6.07, 6.45) is 4.71. The van der Waals surface area contributed by atoms with Gasteiger partial charge in [0, 0.05) is 6.20 Å². The number of pyridine rings is 1. The molecule has 14 heavy (non-hydrogen) atoms. The largest absolute Gasteiger partial charge is 0.369 e. The molecule has 1 aliphatic rings. The van der Waals surface area contributed by atoms with Crippen LogP contribution in [0.5, 0.6) is 0 Å². The fourth-order valence-electron chi connectivity index (χ4n) is 2.06. The van der Waals surface area contributed by atoms with Crippen LogP contribution in [0.25, 0.3) is 0 Å². The molecule has 0 fully saturated rings. The van der Waals surface area contributed by atoms with Crippen LogP contribution < -0.4 is 5.73 Å². The lowest BCUT2D eigenvalue weighted by molar-refractivity contribution is -0.119. The van der Waals surface area contributed by atoms with Gasteiger partial charge in [-0.2, -0.15) is 0 Å². The van der Waals surface area contributed by atoms with Gasteiger partial charge < -0.3 is 5.73 Å². The van der Waals surface area contributed by atoms with Gasteiger partial charge in [0.15, 0.2) is 0 Å². The molecule has 1 heterocycles. The standard InChI is InChI=1S/C11H14N2O/c1-7-5-8-3-2-4-9(11(12)14)10(8)13-6-7/h5-6,9H,2-4H2,1H3,(H2,12,14)/t9-/m1/s1. The van der Waals surface area contributed by atoms with Crippen LogP contribution in [0.3, 0.4) is 0 Å². The highest BCUT2D eigenvalue weighted by Crippen LogP contribution is 2.29. The molecule has 0 unspecified atom stereocenters. The molecule has 2 N–H and O–H groups in total. The van der Waals surface area contributed by atoms with Crippen LogP contribution in [0.1, 0.15) is 35.6 Å². The minimum atomic E-state index is -0.248. The van der Waals surface area contributed by atoms with Crippen LogP contribution in [-0.4, -0.2) is 10.9 Å². The third-order valence-electron chi connectivity index (χ3n) is 2.75. The molecule has 1 atom stereocenters. The van der Waals surface area contributed by atoms with Crippen LogP contribution in [0, 0.1) is 6.92 Å². The third-order valence-corrected chi connectivity index (χ3v) is 2.75. The first-order chi connectivity index (χ1) is 6.68. The number of amides is 1. The van der Waals surface area contributed by atoms with Crippen LogP contribution in [0.15, 0.2) is 12.3 Å². The molecule has 0 saturated heterocycles. The van der Waals surface area contributed by atoms with Crippen molar-refractivity contribution in [2.24, 2.45) is 5.73 Å². The van der Waals surface area contributed by atoms with Crippen LogP contribution in [-0.2, 0) is 11.2 Å². The molecular weight excluding hydrogens is 176 g/mol. The van der Waals surface area contributed by atoms with E-state index in [2.05, 4.69) is 11.1 Å². The van der Waals surface area contributed by atoms with E-state index in [0.29, 0.717) is 0 Å². The smallest absolute Gasteiger partial charge is 0.226 e. The fourth-order valence-corrected chi connectivity index (χ4v) is 2.06. The van der Waals surface area contributed by atoms with E-state index in [1.807, 2.05) is 6.92 Å². The molecule has 0 bridgehead atoms. The molecule has 3 nitrogen and oxygen atoms in total. The number of fused-ring (bicyclic) bond motifs is 1. The zero-order chi connectivity index (χ0) is 10.1. The normalized spacial score (nSPS) is 20.2. The molecule has 74 valence electrons. The lowest BCUT2D eigenvalue weighted by Crippen LogP contribution is -2.26. The molecule has 1 aromatic heterocycles. The predicted octanol–water partition coefficient (Wildman–Crippen LogP) is 1.30. The maximum Gasteiger partial charge on any atom is 0.226 e. The van der Waals surface area contributed by atoms with E-state index in [-0.39, 0.29) is 11.8 Å². The molecular formula is C11H14N2O. The molecule has 0 aromatic carbocycles. The number of hydrogen-bond acceptors (Lipinski definition) is 2. The van der Waals surface area contributed by atoms with Crippen molar-refractivity contribution in [1.29, 1.82) is 0 Å². The molecule has 1 aromatic rings. The second kappa shape index (κ2) is 3.40. The number of hydrogen-bond donors (Lipinski definition) is 1. The van der Waals surface area contributed by atoms with Gasteiger partial charge in [-0.3, -0.25) is 9.78 Å². The van der Waals surface area contributed by atoms with Crippen molar-refractivity contribution >= 4 is 5.91 Å². The summed E-state index contributed by atoms with van der Waals surface area (Å²) in [7, 11) is 0. The topological polar surface area (TPSA) is 56.0 Å². The summed E-state index contributed by atoms with van der Waals surface area (Å²) in [5.74, 6) is -0.415. The molecule has 1 amide bonds. The van der Waals surface area contributed by atoms with Crippen LogP contribution in [0.4, 0.5) is 0 Å². The monoisotopic (exact) mass is 190 g/mol. The SMILES string of the molecule is Cc1cnc2c(c1)CCC[C@H]2C(N)=O. The summed E-state index contributed by atoms with van der Waals surface area (Å²) in [6, 6.07) is 2.11. The second-order valence-electron chi connectivity index (χ2n) is 3.90. The molecule has 0 saturated carbocycles. The Morgan fingerprint density at radius 1 is 1.64 bits per heavy atom. The zero-order valence-electron chi connectivity index (χ0n) is 8.29. The fraction of sp³-hybridized carbons (Fsp3) is 0.455. The van der Waals surface area contributed by atoms with Crippen LogP contribution >= 0.6 is 0 Å². The number of aryl methyl sites for hydroxylation is 2. The summed E-state index contributed by atoms with van der Waals surface area (Å²) in [5, 5.41) is 0. The minimum absolute atomic E-state index is 0.167. The highest BCUT2D eigenvalue weighted by Gasteiger charge is 2.25. The zero-order valence-corrected chi connectivity index (χ0v) is 8.29. The first-order valence-electron chi connectivity index (χ1n) is 4.93. The van der Waals surface area contributed by atoms with Crippen molar-refractivity contribution in [3.63, 3.8) is 0 Å². The molecule has 0 radical (unpaired) electrons. The maximum atomic E-state index is 11.2. The molecule has 2 rings (SSSR count). The first-order valence-corrected chi connectivity index (χ1v) is 4.93. The van der Waals surface area contributed by atoms with Gasteiger partial charge in [0.05, 0.1) is 11.6 Å². The Morgan fingerprint density at radius 2 is 2.43 bits per heavy atom. The second-order valence-corrected chi connectivity index (χ2v) is 3.90. The van der Waals surface area contributed by atoms with Gasteiger partial charge in [-0.05, 0) is 37.3 Å². The van der Waals surface area contributed by atoms with E-state index in [0.717, 1.165) is 30.5 Å². The van der Waals surface area contributed by atoms with Crippen LogP contribution in [0.2, 0.25) is 0 Å². The Labute approximate surface area is 83.3 Å². The molecule has 1 aliphatic carbocycles. The number of primary amides is 1. The number of carbonyl (C=O) groups excluding carboxylic acids is 1. The van der Waals surface area contributed by atoms with Gasteiger partial charge >= 0.3 is 0 Å². The number of aromatic nitrogens is 1.